The first-order chi connectivity index (χ1) is 15.2. The van der Waals surface area contributed by atoms with Crippen LogP contribution in [0.4, 0.5) is 10.1 Å². The summed E-state index contributed by atoms with van der Waals surface area (Å²) in [6.07, 6.45) is 0. The Morgan fingerprint density at radius 2 is 1.72 bits per heavy atom. The Morgan fingerprint density at radius 1 is 1.06 bits per heavy atom. The number of rotatable bonds is 7. The predicted molar refractivity (Wildman–Crippen MR) is 117 cm³/mol. The second kappa shape index (κ2) is 10.2. The Balaban J connectivity index is 1.73. The molecule has 0 saturated carbocycles. The van der Waals surface area contributed by atoms with Gasteiger partial charge in [-0.3, -0.25) is 9.59 Å². The van der Waals surface area contributed by atoms with Gasteiger partial charge in [0, 0.05) is 24.3 Å². The number of amides is 2. The van der Waals surface area contributed by atoms with Gasteiger partial charge >= 0.3 is 0 Å². The van der Waals surface area contributed by atoms with Crippen molar-refractivity contribution >= 4 is 27.5 Å². The van der Waals surface area contributed by atoms with Gasteiger partial charge in [0.1, 0.15) is 11.9 Å². The van der Waals surface area contributed by atoms with Gasteiger partial charge in [-0.15, -0.1) is 0 Å². The lowest BCUT2D eigenvalue weighted by molar-refractivity contribution is -0.118. The lowest BCUT2D eigenvalue weighted by Crippen LogP contribution is -2.47. The van der Waals surface area contributed by atoms with E-state index in [4.69, 9.17) is 4.74 Å². The average molecular weight is 464 g/mol. The SMILES string of the molecule is CC(C)C(NC(=O)c1ccc(F)cc1)C(=O)Nc1cccc(S(=O)(=O)N2CCOCC2)c1. The van der Waals surface area contributed by atoms with E-state index in [2.05, 4.69) is 10.6 Å². The van der Waals surface area contributed by atoms with Gasteiger partial charge in [-0.05, 0) is 48.4 Å². The predicted octanol–water partition coefficient (Wildman–Crippen LogP) is 2.24. The van der Waals surface area contributed by atoms with E-state index in [9.17, 15) is 22.4 Å². The Labute approximate surface area is 186 Å². The van der Waals surface area contributed by atoms with E-state index in [1.54, 1.807) is 26.0 Å². The van der Waals surface area contributed by atoms with Gasteiger partial charge in [-0.2, -0.15) is 4.31 Å². The zero-order valence-electron chi connectivity index (χ0n) is 17.9. The maximum Gasteiger partial charge on any atom is 0.251 e. The molecule has 0 bridgehead atoms. The van der Waals surface area contributed by atoms with Crippen molar-refractivity contribution in [1.82, 2.24) is 9.62 Å². The molecule has 3 rings (SSSR count). The molecule has 1 fully saturated rings. The van der Waals surface area contributed by atoms with Crippen LogP contribution in [-0.4, -0.2) is 56.9 Å². The Hall–Kier alpha value is -2.82. The lowest BCUT2D eigenvalue weighted by atomic mass is 10.0. The first kappa shape index (κ1) is 23.8. The summed E-state index contributed by atoms with van der Waals surface area (Å²) >= 11 is 0. The van der Waals surface area contributed by atoms with Gasteiger partial charge in [0.2, 0.25) is 15.9 Å². The van der Waals surface area contributed by atoms with Crippen molar-refractivity contribution in [2.75, 3.05) is 31.6 Å². The van der Waals surface area contributed by atoms with Crippen LogP contribution in [-0.2, 0) is 19.6 Å². The number of hydrogen-bond donors (Lipinski definition) is 2. The number of nitrogens with one attached hydrogen (secondary N) is 2. The summed E-state index contributed by atoms with van der Waals surface area (Å²) in [6.45, 7) is 4.75. The van der Waals surface area contributed by atoms with E-state index in [1.165, 1.54) is 40.7 Å². The summed E-state index contributed by atoms with van der Waals surface area (Å²) in [7, 11) is -3.71. The molecule has 2 amide bonds. The molecule has 1 aliphatic rings. The fourth-order valence-corrected chi connectivity index (χ4v) is 4.71. The number of benzene rings is 2. The molecule has 1 atom stereocenters. The molecule has 0 aliphatic carbocycles. The van der Waals surface area contributed by atoms with Gasteiger partial charge < -0.3 is 15.4 Å². The smallest absolute Gasteiger partial charge is 0.251 e. The third kappa shape index (κ3) is 5.70. The largest absolute Gasteiger partial charge is 0.379 e. The second-order valence-electron chi connectivity index (χ2n) is 7.74. The second-order valence-corrected chi connectivity index (χ2v) is 9.67. The molecule has 0 aromatic heterocycles. The van der Waals surface area contributed by atoms with Crippen molar-refractivity contribution in [3.8, 4) is 0 Å². The van der Waals surface area contributed by atoms with E-state index < -0.39 is 33.7 Å². The molecule has 0 radical (unpaired) electrons. The van der Waals surface area contributed by atoms with Crippen LogP contribution in [0.1, 0.15) is 24.2 Å². The van der Waals surface area contributed by atoms with Crippen LogP contribution >= 0.6 is 0 Å². The summed E-state index contributed by atoms with van der Waals surface area (Å²) in [4.78, 5) is 25.4. The Kier molecular flexibility index (Phi) is 7.60. The number of ether oxygens (including phenoxy) is 1. The van der Waals surface area contributed by atoms with E-state index in [-0.39, 0.29) is 29.5 Å². The van der Waals surface area contributed by atoms with Crippen LogP contribution in [0.5, 0.6) is 0 Å². The topological polar surface area (TPSA) is 105 Å². The van der Waals surface area contributed by atoms with Crippen molar-refractivity contribution in [2.45, 2.75) is 24.8 Å². The maximum absolute atomic E-state index is 13.1. The Bertz CT molecular complexity index is 1070. The fourth-order valence-electron chi connectivity index (χ4n) is 3.25. The van der Waals surface area contributed by atoms with Gasteiger partial charge in [0.15, 0.2) is 0 Å². The summed E-state index contributed by atoms with van der Waals surface area (Å²) in [5.74, 6) is -1.72. The maximum atomic E-state index is 13.1. The standard InChI is InChI=1S/C22H26FN3O5S/c1-15(2)20(25-21(27)16-6-8-17(23)9-7-16)22(28)24-18-4-3-5-19(14-18)32(29,30)26-10-12-31-13-11-26/h3-9,14-15,20H,10-13H2,1-2H3,(H,24,28)(H,25,27). The Morgan fingerprint density at radius 3 is 2.34 bits per heavy atom. The zero-order chi connectivity index (χ0) is 23.3. The molecule has 1 saturated heterocycles. The number of hydrogen-bond acceptors (Lipinski definition) is 5. The van der Waals surface area contributed by atoms with Gasteiger partial charge in [-0.1, -0.05) is 19.9 Å². The number of carbonyl (C=O) groups excluding carboxylic acids is 2. The first-order valence-corrected chi connectivity index (χ1v) is 11.7. The molecule has 2 aromatic rings. The normalized spacial score (nSPS) is 15.9. The van der Waals surface area contributed by atoms with Crippen LogP contribution in [0.3, 0.4) is 0 Å². The van der Waals surface area contributed by atoms with E-state index in [0.29, 0.717) is 18.9 Å². The van der Waals surface area contributed by atoms with Crippen LogP contribution in [0.15, 0.2) is 53.4 Å². The highest BCUT2D eigenvalue weighted by atomic mass is 32.2. The van der Waals surface area contributed by atoms with Crippen molar-refractivity contribution in [3.05, 3.63) is 59.9 Å². The quantitative estimate of drug-likeness (QED) is 0.655. The van der Waals surface area contributed by atoms with Crippen LogP contribution < -0.4 is 10.6 Å². The number of anilines is 1. The summed E-state index contributed by atoms with van der Waals surface area (Å²) < 4.78 is 45.4. The number of sulfonamides is 1. The van der Waals surface area contributed by atoms with Crippen molar-refractivity contribution in [2.24, 2.45) is 5.92 Å². The molecular weight excluding hydrogens is 437 g/mol. The average Bonchev–Trinajstić information content (AvgIpc) is 2.78. The molecule has 8 nitrogen and oxygen atoms in total. The number of morpholine rings is 1. The van der Waals surface area contributed by atoms with E-state index in [1.807, 2.05) is 0 Å². The van der Waals surface area contributed by atoms with Gasteiger partial charge in [-0.25, -0.2) is 12.8 Å². The summed E-state index contributed by atoms with van der Waals surface area (Å²) in [5.41, 5.74) is 0.523. The lowest BCUT2D eigenvalue weighted by Gasteiger charge is -2.26. The summed E-state index contributed by atoms with van der Waals surface area (Å²) in [5, 5.41) is 5.34. The summed E-state index contributed by atoms with van der Waals surface area (Å²) in [6, 6.07) is 10.1. The molecule has 10 heteroatoms. The highest BCUT2D eigenvalue weighted by Crippen LogP contribution is 2.21. The first-order valence-electron chi connectivity index (χ1n) is 10.2. The highest BCUT2D eigenvalue weighted by Gasteiger charge is 2.28. The van der Waals surface area contributed by atoms with E-state index in [0.717, 1.165) is 0 Å². The van der Waals surface area contributed by atoms with Crippen molar-refractivity contribution in [3.63, 3.8) is 0 Å². The minimum atomic E-state index is -3.71. The molecule has 2 aromatic carbocycles. The third-order valence-corrected chi connectivity index (χ3v) is 6.95. The van der Waals surface area contributed by atoms with Crippen molar-refractivity contribution in [1.29, 1.82) is 0 Å². The molecule has 172 valence electrons. The number of carbonyl (C=O) groups is 2. The molecule has 1 aliphatic heterocycles. The number of nitrogens with zero attached hydrogens (tertiary/aromatic N) is 1. The van der Waals surface area contributed by atoms with Gasteiger partial charge in [0.25, 0.3) is 5.91 Å². The molecule has 1 heterocycles. The minimum Gasteiger partial charge on any atom is -0.379 e. The van der Waals surface area contributed by atoms with Crippen LogP contribution in [0.25, 0.3) is 0 Å². The van der Waals surface area contributed by atoms with Crippen molar-refractivity contribution < 1.29 is 27.1 Å². The van der Waals surface area contributed by atoms with Gasteiger partial charge in [0.05, 0.1) is 18.1 Å². The van der Waals surface area contributed by atoms with E-state index >= 15 is 0 Å². The zero-order valence-corrected chi connectivity index (χ0v) is 18.7. The molecular formula is C22H26FN3O5S. The van der Waals surface area contributed by atoms with Crippen LogP contribution in [0, 0.1) is 11.7 Å². The van der Waals surface area contributed by atoms with Crippen LogP contribution in [0.2, 0.25) is 0 Å². The monoisotopic (exact) mass is 463 g/mol. The molecule has 0 spiro atoms. The number of halogens is 1. The highest BCUT2D eigenvalue weighted by molar-refractivity contribution is 7.89. The fraction of sp³-hybridized carbons (Fsp3) is 0.364. The molecule has 32 heavy (non-hydrogen) atoms. The molecule has 1 unspecified atom stereocenters. The minimum absolute atomic E-state index is 0.0636. The third-order valence-electron chi connectivity index (χ3n) is 5.05. The molecule has 2 N–H and O–H groups in total.